The third-order valence-electron chi connectivity index (χ3n) is 3.27. The summed E-state index contributed by atoms with van der Waals surface area (Å²) in [5.41, 5.74) is 5.07. The second-order valence-corrected chi connectivity index (χ2v) is 8.12. The molecule has 1 fully saturated rings. The van der Waals surface area contributed by atoms with E-state index < -0.39 is 15.6 Å². The van der Waals surface area contributed by atoms with E-state index in [4.69, 9.17) is 10.5 Å². The van der Waals surface area contributed by atoms with E-state index in [1.165, 1.54) is 11.3 Å². The first kappa shape index (κ1) is 14.9. The molecule has 1 aromatic rings. The van der Waals surface area contributed by atoms with Crippen molar-refractivity contribution >= 4 is 21.4 Å². The van der Waals surface area contributed by atoms with Crippen molar-refractivity contribution in [1.82, 2.24) is 4.72 Å². The highest BCUT2D eigenvalue weighted by Gasteiger charge is 2.33. The monoisotopic (exact) mass is 304 g/mol. The minimum atomic E-state index is -3.44. The zero-order valence-electron chi connectivity index (χ0n) is 11.0. The molecule has 0 radical (unpaired) electrons. The Balaban J connectivity index is 2.12. The lowest BCUT2D eigenvalue weighted by molar-refractivity contribution is 0.0538. The summed E-state index contributed by atoms with van der Waals surface area (Å²) in [5, 5.41) is 0. The molecule has 0 aliphatic carbocycles. The molecule has 7 heteroatoms. The van der Waals surface area contributed by atoms with Gasteiger partial charge in [0.15, 0.2) is 0 Å². The number of rotatable bonds is 5. The van der Waals surface area contributed by atoms with Gasteiger partial charge in [0.05, 0.1) is 0 Å². The summed E-state index contributed by atoms with van der Waals surface area (Å²) in [6.45, 7) is 3.66. The molecule has 1 saturated heterocycles. The zero-order chi connectivity index (χ0) is 13.9. The van der Waals surface area contributed by atoms with Gasteiger partial charge in [-0.05, 0) is 44.9 Å². The molecule has 0 aromatic carbocycles. The highest BCUT2D eigenvalue weighted by Crippen LogP contribution is 2.26. The van der Waals surface area contributed by atoms with Gasteiger partial charge in [0, 0.05) is 23.6 Å². The van der Waals surface area contributed by atoms with Crippen molar-refractivity contribution in [3.63, 3.8) is 0 Å². The fourth-order valence-electron chi connectivity index (χ4n) is 2.08. The van der Waals surface area contributed by atoms with Crippen molar-refractivity contribution < 1.29 is 13.2 Å². The maximum Gasteiger partial charge on any atom is 0.250 e. The largest absolute Gasteiger partial charge is 0.381 e. The van der Waals surface area contributed by atoms with Gasteiger partial charge in [0.25, 0.3) is 10.0 Å². The van der Waals surface area contributed by atoms with Crippen LogP contribution in [0.3, 0.4) is 0 Å². The topological polar surface area (TPSA) is 81.4 Å². The molecule has 2 heterocycles. The van der Waals surface area contributed by atoms with E-state index in [0.717, 1.165) is 4.88 Å². The van der Waals surface area contributed by atoms with E-state index in [1.807, 2.05) is 13.0 Å². The van der Waals surface area contributed by atoms with Crippen LogP contribution in [0.4, 0.5) is 0 Å². The van der Waals surface area contributed by atoms with E-state index in [9.17, 15) is 8.42 Å². The van der Waals surface area contributed by atoms with E-state index in [-0.39, 0.29) is 0 Å². The summed E-state index contributed by atoms with van der Waals surface area (Å²) >= 11 is 1.29. The summed E-state index contributed by atoms with van der Waals surface area (Å²) in [7, 11) is -3.44. The lowest BCUT2D eigenvalue weighted by atomic mass is 9.94. The molecule has 108 valence electrons. The summed E-state index contributed by atoms with van der Waals surface area (Å²) in [5.74, 6) is 0. The second kappa shape index (κ2) is 5.88. The predicted molar refractivity (Wildman–Crippen MR) is 75.9 cm³/mol. The highest BCUT2D eigenvalue weighted by molar-refractivity contribution is 7.91. The number of sulfonamides is 1. The van der Waals surface area contributed by atoms with Crippen LogP contribution in [0.1, 0.15) is 24.6 Å². The maximum atomic E-state index is 12.4. The van der Waals surface area contributed by atoms with Gasteiger partial charge in [0.2, 0.25) is 0 Å². The lowest BCUT2D eigenvalue weighted by Crippen LogP contribution is -2.49. The van der Waals surface area contributed by atoms with Crippen LogP contribution in [0.15, 0.2) is 16.3 Å². The number of nitrogens with two attached hydrogens (primary N) is 1. The Kier molecular flexibility index (Phi) is 4.62. The van der Waals surface area contributed by atoms with Crippen LogP contribution in [-0.2, 0) is 21.2 Å². The van der Waals surface area contributed by atoms with Gasteiger partial charge in [-0.2, -0.15) is 0 Å². The quantitative estimate of drug-likeness (QED) is 0.853. The molecule has 3 N–H and O–H groups in total. The van der Waals surface area contributed by atoms with Crippen LogP contribution >= 0.6 is 11.3 Å². The maximum absolute atomic E-state index is 12.4. The molecule has 0 saturated carbocycles. The standard InChI is InChI=1S/C12H20N2O3S2/c1-12(5-8-17-9-6-12)14-19(15,16)11-3-2-10(18-11)4-7-13/h2-3,14H,4-9,13H2,1H3. The Bertz CT molecular complexity index is 519. The molecule has 0 unspecified atom stereocenters. The third-order valence-corrected chi connectivity index (χ3v) is 6.54. The van der Waals surface area contributed by atoms with E-state index >= 15 is 0 Å². The van der Waals surface area contributed by atoms with Gasteiger partial charge in [-0.15, -0.1) is 11.3 Å². The van der Waals surface area contributed by atoms with Crippen LogP contribution in [0.25, 0.3) is 0 Å². The van der Waals surface area contributed by atoms with Gasteiger partial charge in [0.1, 0.15) is 4.21 Å². The van der Waals surface area contributed by atoms with Crippen LogP contribution in [0.5, 0.6) is 0 Å². The Morgan fingerprint density at radius 2 is 2.11 bits per heavy atom. The molecule has 2 rings (SSSR count). The highest BCUT2D eigenvalue weighted by atomic mass is 32.2. The smallest absolute Gasteiger partial charge is 0.250 e. The number of ether oxygens (including phenoxy) is 1. The van der Waals surface area contributed by atoms with E-state index in [1.54, 1.807) is 6.07 Å². The molecule has 0 spiro atoms. The molecule has 0 amide bonds. The second-order valence-electron chi connectivity index (χ2n) is 5.04. The van der Waals surface area contributed by atoms with Gasteiger partial charge >= 0.3 is 0 Å². The van der Waals surface area contributed by atoms with Crippen molar-refractivity contribution in [2.75, 3.05) is 19.8 Å². The molecular weight excluding hydrogens is 284 g/mol. The molecule has 0 atom stereocenters. The minimum absolute atomic E-state index is 0.365. The number of thiophene rings is 1. The SMILES string of the molecule is CC1(NS(=O)(=O)c2ccc(CCN)s2)CCOCC1. The van der Waals surface area contributed by atoms with Crippen LogP contribution in [-0.4, -0.2) is 33.7 Å². The van der Waals surface area contributed by atoms with Crippen molar-refractivity contribution in [1.29, 1.82) is 0 Å². The first-order chi connectivity index (χ1) is 8.95. The molecule has 19 heavy (non-hydrogen) atoms. The summed E-state index contributed by atoms with van der Waals surface area (Å²) in [4.78, 5) is 1.00. The first-order valence-electron chi connectivity index (χ1n) is 6.36. The first-order valence-corrected chi connectivity index (χ1v) is 8.66. The summed E-state index contributed by atoms with van der Waals surface area (Å²) < 4.78 is 33.2. The fraction of sp³-hybridized carbons (Fsp3) is 0.667. The average Bonchev–Trinajstić information content (AvgIpc) is 2.78. The fourth-order valence-corrected chi connectivity index (χ4v) is 4.91. The van der Waals surface area contributed by atoms with Crippen molar-refractivity contribution in [2.45, 2.75) is 35.9 Å². The number of nitrogens with one attached hydrogen (secondary N) is 1. The van der Waals surface area contributed by atoms with Gasteiger partial charge < -0.3 is 10.5 Å². The Morgan fingerprint density at radius 3 is 2.74 bits per heavy atom. The van der Waals surface area contributed by atoms with Crippen LogP contribution in [0, 0.1) is 0 Å². The third kappa shape index (κ3) is 3.76. The predicted octanol–water partition coefficient (Wildman–Crippen LogP) is 1.10. The van der Waals surface area contributed by atoms with Crippen LogP contribution in [0.2, 0.25) is 0 Å². The Hall–Kier alpha value is -0.470. The Morgan fingerprint density at radius 1 is 1.42 bits per heavy atom. The molecule has 5 nitrogen and oxygen atoms in total. The Labute approximate surface area is 118 Å². The van der Waals surface area contributed by atoms with Crippen LogP contribution < -0.4 is 10.5 Å². The summed E-state index contributed by atoms with van der Waals surface area (Å²) in [6, 6.07) is 3.49. The van der Waals surface area contributed by atoms with Gasteiger partial charge in [-0.1, -0.05) is 0 Å². The van der Waals surface area contributed by atoms with Crippen molar-refractivity contribution in [3.8, 4) is 0 Å². The summed E-state index contributed by atoms with van der Waals surface area (Å²) in [6.07, 6.45) is 2.12. The average molecular weight is 304 g/mol. The van der Waals surface area contributed by atoms with Crippen molar-refractivity contribution in [3.05, 3.63) is 17.0 Å². The molecule has 1 aromatic heterocycles. The van der Waals surface area contributed by atoms with Crippen molar-refractivity contribution in [2.24, 2.45) is 5.73 Å². The number of hydrogen-bond donors (Lipinski definition) is 2. The minimum Gasteiger partial charge on any atom is -0.381 e. The van der Waals surface area contributed by atoms with Gasteiger partial charge in [-0.3, -0.25) is 0 Å². The van der Waals surface area contributed by atoms with E-state index in [0.29, 0.717) is 43.2 Å². The molecule has 1 aliphatic rings. The molecule has 0 bridgehead atoms. The molecule has 1 aliphatic heterocycles. The normalized spacial score (nSPS) is 19.5. The lowest BCUT2D eigenvalue weighted by Gasteiger charge is -2.33. The number of hydrogen-bond acceptors (Lipinski definition) is 5. The van der Waals surface area contributed by atoms with E-state index in [2.05, 4.69) is 4.72 Å². The molecular formula is C12H20N2O3S2. The zero-order valence-corrected chi connectivity index (χ0v) is 12.6. The van der Waals surface area contributed by atoms with Gasteiger partial charge in [-0.25, -0.2) is 13.1 Å².